The number of carbonyl (C=O) groups excluding carboxylic acids is 3. The molecule has 0 radical (unpaired) electrons. The monoisotopic (exact) mass is 534 g/mol. The van der Waals surface area contributed by atoms with Crippen LogP contribution in [0.4, 0.5) is 0 Å². The van der Waals surface area contributed by atoms with Gasteiger partial charge in [0.15, 0.2) is 5.78 Å². The molecule has 0 bridgehead atoms. The van der Waals surface area contributed by atoms with Crippen molar-refractivity contribution in [1.82, 2.24) is 20.3 Å². The number of likely N-dealkylation sites (tertiary alicyclic amines) is 1. The van der Waals surface area contributed by atoms with E-state index in [4.69, 9.17) is 0 Å². The number of ketones is 1. The van der Waals surface area contributed by atoms with Crippen molar-refractivity contribution in [3.05, 3.63) is 12.2 Å². The number of carbonyl (C=O) groups is 3. The molecule has 2 aliphatic heterocycles. The van der Waals surface area contributed by atoms with E-state index in [9.17, 15) is 22.8 Å². The second-order valence-electron chi connectivity index (χ2n) is 12.2. The van der Waals surface area contributed by atoms with Crippen molar-refractivity contribution in [2.24, 2.45) is 17.8 Å². The predicted octanol–water partition coefficient (Wildman–Crippen LogP) is 1.99. The van der Waals surface area contributed by atoms with Gasteiger partial charge in [0.05, 0.1) is 10.8 Å². The van der Waals surface area contributed by atoms with E-state index in [1.165, 1.54) is 6.42 Å². The lowest BCUT2D eigenvalue weighted by atomic mass is 9.85. The van der Waals surface area contributed by atoms with Crippen molar-refractivity contribution in [3.8, 4) is 0 Å². The van der Waals surface area contributed by atoms with E-state index in [2.05, 4.69) is 20.3 Å². The first-order chi connectivity index (χ1) is 17.7. The van der Waals surface area contributed by atoms with Crippen LogP contribution in [0.1, 0.15) is 84.0 Å². The summed E-state index contributed by atoms with van der Waals surface area (Å²) in [5.74, 6) is -1.94. The number of rotatable bonds is 6. The quantitative estimate of drug-likeness (QED) is 0.445. The van der Waals surface area contributed by atoms with E-state index >= 15 is 0 Å². The lowest BCUT2D eigenvalue weighted by Crippen LogP contribution is -2.55. The summed E-state index contributed by atoms with van der Waals surface area (Å²) in [6.45, 7) is 4.44. The second-order valence-corrected chi connectivity index (χ2v) is 14.4. The van der Waals surface area contributed by atoms with E-state index < -0.39 is 32.1 Å². The minimum Gasteiger partial charge on any atom is -0.341 e. The molecule has 0 aromatic rings. The van der Waals surface area contributed by atoms with Gasteiger partial charge >= 0.3 is 0 Å². The molecule has 5 atom stereocenters. The van der Waals surface area contributed by atoms with Crippen molar-refractivity contribution in [2.75, 3.05) is 19.8 Å². The highest BCUT2D eigenvalue weighted by Crippen LogP contribution is 2.48. The third-order valence-corrected chi connectivity index (χ3v) is 11.6. The fourth-order valence-electron chi connectivity index (χ4n) is 6.12. The van der Waals surface area contributed by atoms with Crippen LogP contribution in [0.3, 0.4) is 0 Å². The van der Waals surface area contributed by atoms with Gasteiger partial charge in [-0.05, 0) is 64.7 Å². The third kappa shape index (κ3) is 5.52. The summed E-state index contributed by atoms with van der Waals surface area (Å²) in [5, 5.41) is 6.44. The number of fused-ring (bicyclic) bond motifs is 2. The molecular weight excluding hydrogens is 492 g/mol. The molecule has 3 aliphatic carbocycles. The molecule has 37 heavy (non-hydrogen) atoms. The SMILES string of the molecule is CC1(S(=O)(=O)NC(=O)C23CC2C=CCCCCCC(NCN2CCC2)C(=O)C2CCCC2C(=O)N3)CC1. The molecule has 2 amide bonds. The molecular formula is C27H42N4O5S. The lowest BCUT2D eigenvalue weighted by molar-refractivity contribution is -0.136. The van der Waals surface area contributed by atoms with Crippen LogP contribution < -0.4 is 15.4 Å². The molecule has 0 aromatic heterocycles. The highest BCUT2D eigenvalue weighted by atomic mass is 32.2. The fraction of sp³-hybridized carbons (Fsp3) is 0.815. The molecule has 10 heteroatoms. The van der Waals surface area contributed by atoms with Gasteiger partial charge in [-0.15, -0.1) is 0 Å². The number of hydrogen-bond acceptors (Lipinski definition) is 7. The van der Waals surface area contributed by atoms with Crippen molar-refractivity contribution >= 4 is 27.6 Å². The molecule has 206 valence electrons. The van der Waals surface area contributed by atoms with E-state index in [0.717, 1.165) is 51.6 Å². The number of allylic oxidation sites excluding steroid dienone is 1. The zero-order valence-corrected chi connectivity index (χ0v) is 22.8. The average molecular weight is 535 g/mol. The normalized spacial score (nSPS) is 36.2. The molecule has 2 heterocycles. The third-order valence-electron chi connectivity index (χ3n) is 9.40. The van der Waals surface area contributed by atoms with Crippen LogP contribution in [0.25, 0.3) is 0 Å². The van der Waals surface area contributed by atoms with E-state index in [-0.39, 0.29) is 29.6 Å². The Kier molecular flexibility index (Phi) is 7.55. The molecule has 5 aliphatic rings. The lowest BCUT2D eigenvalue weighted by Gasteiger charge is -2.33. The largest absolute Gasteiger partial charge is 0.341 e. The van der Waals surface area contributed by atoms with Crippen LogP contribution in [-0.4, -0.2) is 67.0 Å². The summed E-state index contributed by atoms with van der Waals surface area (Å²) in [6.07, 6.45) is 13.3. The summed E-state index contributed by atoms with van der Waals surface area (Å²) in [5.41, 5.74) is -1.27. The zero-order chi connectivity index (χ0) is 26.3. The number of nitrogens with zero attached hydrogens (tertiary/aromatic N) is 1. The van der Waals surface area contributed by atoms with Crippen LogP contribution in [0, 0.1) is 17.8 Å². The fourth-order valence-corrected chi connectivity index (χ4v) is 7.43. The van der Waals surface area contributed by atoms with Crippen molar-refractivity contribution in [2.45, 2.75) is 100 Å². The summed E-state index contributed by atoms with van der Waals surface area (Å²) in [7, 11) is -3.82. The Morgan fingerprint density at radius 1 is 1.05 bits per heavy atom. The minimum absolute atomic E-state index is 0.112. The Morgan fingerprint density at radius 2 is 1.81 bits per heavy atom. The smallest absolute Gasteiger partial charge is 0.259 e. The Labute approximate surface area is 220 Å². The molecule has 3 N–H and O–H groups in total. The first kappa shape index (κ1) is 26.8. The maximum absolute atomic E-state index is 13.7. The molecule has 3 saturated carbocycles. The van der Waals surface area contributed by atoms with Gasteiger partial charge in [0.25, 0.3) is 5.91 Å². The number of hydrogen-bond donors (Lipinski definition) is 3. The summed E-state index contributed by atoms with van der Waals surface area (Å²) in [6, 6.07) is -0.268. The van der Waals surface area contributed by atoms with Crippen LogP contribution in [0.15, 0.2) is 12.2 Å². The van der Waals surface area contributed by atoms with Gasteiger partial charge in [-0.2, -0.15) is 0 Å². The summed E-state index contributed by atoms with van der Waals surface area (Å²) >= 11 is 0. The number of sulfonamides is 1. The Bertz CT molecular complexity index is 1050. The standard InChI is InChI=1S/C27H42N4O5S/c1-26(13-14-26)37(35,36)30-25(34)27-17-19(27)9-5-3-2-4-6-12-22(28-18-31-15-8-16-31)23(32)20-10-7-11-21(20)24(33)29-27/h5,9,19-22,28H,2-4,6-8,10-18H2,1H3,(H,29,33)(H,30,34). The Balaban J connectivity index is 1.34. The minimum atomic E-state index is -3.82. The molecule has 4 fully saturated rings. The average Bonchev–Trinajstić information content (AvgIpc) is 3.68. The number of nitrogens with one attached hydrogen (secondary N) is 3. The Morgan fingerprint density at radius 3 is 2.51 bits per heavy atom. The van der Waals surface area contributed by atoms with Crippen molar-refractivity contribution in [1.29, 1.82) is 0 Å². The van der Waals surface area contributed by atoms with Crippen molar-refractivity contribution < 1.29 is 22.8 Å². The summed E-state index contributed by atoms with van der Waals surface area (Å²) < 4.78 is 27.0. The first-order valence-electron chi connectivity index (χ1n) is 14.2. The van der Waals surface area contributed by atoms with E-state index in [1.807, 2.05) is 12.2 Å². The maximum Gasteiger partial charge on any atom is 0.259 e. The molecule has 0 aromatic carbocycles. The zero-order valence-electron chi connectivity index (χ0n) is 22.0. The molecule has 0 spiro atoms. The van der Waals surface area contributed by atoms with Crippen molar-refractivity contribution in [3.63, 3.8) is 0 Å². The van der Waals surface area contributed by atoms with Crippen LogP contribution >= 0.6 is 0 Å². The van der Waals surface area contributed by atoms with Gasteiger partial charge in [-0.3, -0.25) is 29.3 Å². The van der Waals surface area contributed by atoms with Crippen LogP contribution in [0.2, 0.25) is 0 Å². The molecule has 5 rings (SSSR count). The van der Waals surface area contributed by atoms with Gasteiger partial charge in [0.2, 0.25) is 15.9 Å². The Hall–Kier alpha value is -1.78. The highest BCUT2D eigenvalue weighted by Gasteiger charge is 2.63. The van der Waals surface area contributed by atoms with Gasteiger partial charge in [0.1, 0.15) is 5.54 Å². The van der Waals surface area contributed by atoms with Gasteiger partial charge in [-0.25, -0.2) is 8.42 Å². The number of Topliss-reactive ketones (excluding diaryl/α,β-unsaturated/α-hetero) is 1. The molecule has 5 unspecified atom stereocenters. The van der Waals surface area contributed by atoms with Gasteiger partial charge < -0.3 is 5.32 Å². The van der Waals surface area contributed by atoms with E-state index in [0.29, 0.717) is 38.8 Å². The van der Waals surface area contributed by atoms with E-state index in [1.54, 1.807) is 6.92 Å². The van der Waals surface area contributed by atoms with Crippen LogP contribution in [0.5, 0.6) is 0 Å². The van der Waals surface area contributed by atoms with Gasteiger partial charge in [-0.1, -0.05) is 31.4 Å². The number of amides is 2. The predicted molar refractivity (Wildman–Crippen MR) is 140 cm³/mol. The summed E-state index contributed by atoms with van der Waals surface area (Å²) in [4.78, 5) is 42.9. The molecule has 1 saturated heterocycles. The topological polar surface area (TPSA) is 125 Å². The van der Waals surface area contributed by atoms with Gasteiger partial charge in [0, 0.05) is 37.5 Å². The second kappa shape index (κ2) is 10.4. The molecule has 9 nitrogen and oxygen atoms in total. The first-order valence-corrected chi connectivity index (χ1v) is 15.7. The van der Waals surface area contributed by atoms with Crippen LogP contribution in [-0.2, 0) is 24.4 Å². The highest BCUT2D eigenvalue weighted by molar-refractivity contribution is 7.91. The maximum atomic E-state index is 13.7.